The first-order valence-corrected chi connectivity index (χ1v) is 6.27. The van der Waals surface area contributed by atoms with E-state index in [2.05, 4.69) is 31.7 Å². The molecule has 0 aliphatic carbocycles. The van der Waals surface area contributed by atoms with Gasteiger partial charge in [0.05, 0.1) is 16.2 Å². The molecule has 5 nitrogen and oxygen atoms in total. The molecule has 0 aliphatic heterocycles. The minimum absolute atomic E-state index is 0.0549. The highest BCUT2D eigenvalue weighted by Gasteiger charge is 2.19. The molecule has 1 atom stereocenters. The predicted molar refractivity (Wildman–Crippen MR) is 68.8 cm³/mol. The summed E-state index contributed by atoms with van der Waals surface area (Å²) in [6.07, 6.45) is 2.14. The van der Waals surface area contributed by atoms with Crippen molar-refractivity contribution in [3.05, 3.63) is 45.7 Å². The molecule has 1 aromatic carbocycles. The Morgan fingerprint density at radius 3 is 2.79 bits per heavy atom. The lowest BCUT2D eigenvalue weighted by Crippen LogP contribution is -2.30. The summed E-state index contributed by atoms with van der Waals surface area (Å²) in [6, 6.07) is 2.14. The maximum atomic E-state index is 13.5. The minimum atomic E-state index is -0.933. The van der Waals surface area contributed by atoms with Crippen LogP contribution in [-0.2, 0) is 13.5 Å². The van der Waals surface area contributed by atoms with Crippen molar-refractivity contribution in [1.29, 1.82) is 0 Å². The summed E-state index contributed by atoms with van der Waals surface area (Å²) < 4.78 is 28.2. The molecule has 0 fully saturated rings. The zero-order valence-electron chi connectivity index (χ0n) is 10.1. The zero-order chi connectivity index (χ0) is 14.0. The second kappa shape index (κ2) is 5.72. The molecule has 0 spiro atoms. The van der Waals surface area contributed by atoms with Crippen molar-refractivity contribution in [2.75, 3.05) is 0 Å². The molecule has 0 radical (unpaired) electrons. The van der Waals surface area contributed by atoms with Crippen LogP contribution in [0.15, 0.2) is 22.8 Å². The second-order valence-electron chi connectivity index (χ2n) is 4.07. The van der Waals surface area contributed by atoms with Gasteiger partial charge in [-0.15, -0.1) is 5.10 Å². The summed E-state index contributed by atoms with van der Waals surface area (Å²) in [6.45, 7) is 0. The smallest absolute Gasteiger partial charge is 0.173 e. The highest BCUT2D eigenvalue weighted by Crippen LogP contribution is 2.29. The standard InChI is InChI=1S/C11H12BrF2N5/c1-19-5-6(17-18-19)4-9(16-15)7-2-3-8(13)11(14)10(7)12/h2-3,5,9,16H,4,15H2,1H3. The average Bonchev–Trinajstić information content (AvgIpc) is 2.80. The predicted octanol–water partition coefficient (Wildman–Crippen LogP) is 1.60. The third kappa shape index (κ3) is 2.96. The van der Waals surface area contributed by atoms with Gasteiger partial charge in [-0.1, -0.05) is 11.3 Å². The van der Waals surface area contributed by atoms with Crippen LogP contribution in [0.4, 0.5) is 8.78 Å². The lowest BCUT2D eigenvalue weighted by atomic mass is 10.0. The average molecular weight is 332 g/mol. The Morgan fingerprint density at radius 2 is 2.21 bits per heavy atom. The molecular formula is C11H12BrF2N5. The molecule has 0 saturated carbocycles. The number of nitrogens with one attached hydrogen (secondary N) is 1. The fourth-order valence-electron chi connectivity index (χ4n) is 1.77. The van der Waals surface area contributed by atoms with Crippen LogP contribution < -0.4 is 11.3 Å². The van der Waals surface area contributed by atoms with E-state index in [1.54, 1.807) is 17.9 Å². The Labute approximate surface area is 116 Å². The number of aryl methyl sites for hydroxylation is 1. The maximum Gasteiger partial charge on any atom is 0.173 e. The largest absolute Gasteiger partial charge is 0.271 e. The fraction of sp³-hybridized carbons (Fsp3) is 0.273. The fourth-order valence-corrected chi connectivity index (χ4v) is 2.36. The van der Waals surface area contributed by atoms with Crippen molar-refractivity contribution < 1.29 is 8.78 Å². The quantitative estimate of drug-likeness (QED) is 0.507. The van der Waals surface area contributed by atoms with E-state index < -0.39 is 17.7 Å². The van der Waals surface area contributed by atoms with Crippen molar-refractivity contribution in [3.8, 4) is 0 Å². The molecular weight excluding hydrogens is 320 g/mol. The van der Waals surface area contributed by atoms with Gasteiger partial charge in [0.1, 0.15) is 0 Å². The third-order valence-electron chi connectivity index (χ3n) is 2.71. The molecule has 19 heavy (non-hydrogen) atoms. The van der Waals surface area contributed by atoms with Crippen LogP contribution in [0.3, 0.4) is 0 Å². The summed E-state index contributed by atoms with van der Waals surface area (Å²) in [5.74, 6) is 3.63. The number of hydrogen-bond acceptors (Lipinski definition) is 4. The van der Waals surface area contributed by atoms with Gasteiger partial charge in [-0.25, -0.2) is 8.78 Å². The number of hydrogen-bond donors (Lipinski definition) is 2. The summed E-state index contributed by atoms with van der Waals surface area (Å²) in [5.41, 5.74) is 3.78. The minimum Gasteiger partial charge on any atom is -0.271 e. The van der Waals surface area contributed by atoms with Crippen molar-refractivity contribution in [1.82, 2.24) is 20.4 Å². The summed E-state index contributed by atoms with van der Waals surface area (Å²) in [5, 5.41) is 7.74. The molecule has 1 unspecified atom stereocenters. The van der Waals surface area contributed by atoms with Gasteiger partial charge < -0.3 is 0 Å². The summed E-state index contributed by atoms with van der Waals surface area (Å²) in [7, 11) is 1.74. The van der Waals surface area contributed by atoms with E-state index in [1.807, 2.05) is 0 Å². The number of rotatable bonds is 4. The van der Waals surface area contributed by atoms with Gasteiger partial charge in [0.15, 0.2) is 11.6 Å². The van der Waals surface area contributed by atoms with Crippen LogP contribution in [0.5, 0.6) is 0 Å². The Balaban J connectivity index is 2.29. The Kier molecular flexibility index (Phi) is 4.23. The van der Waals surface area contributed by atoms with Gasteiger partial charge in [-0.05, 0) is 27.6 Å². The highest BCUT2D eigenvalue weighted by molar-refractivity contribution is 9.10. The molecule has 8 heteroatoms. The van der Waals surface area contributed by atoms with Crippen LogP contribution >= 0.6 is 15.9 Å². The van der Waals surface area contributed by atoms with Crippen LogP contribution in [0.1, 0.15) is 17.3 Å². The van der Waals surface area contributed by atoms with Gasteiger partial charge in [0.25, 0.3) is 0 Å². The van der Waals surface area contributed by atoms with Crippen molar-refractivity contribution >= 4 is 15.9 Å². The third-order valence-corrected chi connectivity index (χ3v) is 3.51. The normalized spacial score (nSPS) is 12.7. The van der Waals surface area contributed by atoms with Crippen LogP contribution in [0.25, 0.3) is 0 Å². The molecule has 0 amide bonds. The van der Waals surface area contributed by atoms with Gasteiger partial charge in [-0.3, -0.25) is 16.0 Å². The van der Waals surface area contributed by atoms with Crippen LogP contribution in [-0.4, -0.2) is 15.0 Å². The van der Waals surface area contributed by atoms with E-state index >= 15 is 0 Å². The summed E-state index contributed by atoms with van der Waals surface area (Å²) >= 11 is 3.04. The van der Waals surface area contributed by atoms with Gasteiger partial charge in [0.2, 0.25) is 0 Å². The van der Waals surface area contributed by atoms with Gasteiger partial charge in [-0.2, -0.15) is 0 Å². The van der Waals surface area contributed by atoms with Crippen molar-refractivity contribution in [2.24, 2.45) is 12.9 Å². The van der Waals surface area contributed by atoms with E-state index in [0.717, 1.165) is 6.07 Å². The molecule has 0 aliphatic rings. The zero-order valence-corrected chi connectivity index (χ0v) is 11.7. The topological polar surface area (TPSA) is 68.8 Å². The maximum absolute atomic E-state index is 13.5. The Morgan fingerprint density at radius 1 is 1.47 bits per heavy atom. The first-order chi connectivity index (χ1) is 9.02. The van der Waals surface area contributed by atoms with Crippen molar-refractivity contribution in [2.45, 2.75) is 12.5 Å². The first-order valence-electron chi connectivity index (χ1n) is 5.47. The SMILES string of the molecule is Cn1cc(CC(NN)c2ccc(F)c(F)c2Br)nn1. The number of benzene rings is 1. The lowest BCUT2D eigenvalue weighted by molar-refractivity contribution is 0.490. The Bertz CT molecular complexity index is 586. The number of halogens is 3. The van der Waals surface area contributed by atoms with Crippen LogP contribution in [0, 0.1) is 11.6 Å². The number of nitrogens with two attached hydrogens (primary N) is 1. The monoisotopic (exact) mass is 331 g/mol. The Hall–Kier alpha value is -1.38. The first kappa shape index (κ1) is 14.0. The lowest BCUT2D eigenvalue weighted by Gasteiger charge is -2.17. The summed E-state index contributed by atoms with van der Waals surface area (Å²) in [4.78, 5) is 0. The number of aromatic nitrogens is 3. The van der Waals surface area contributed by atoms with Gasteiger partial charge in [0, 0.05) is 19.7 Å². The van der Waals surface area contributed by atoms with E-state index in [-0.39, 0.29) is 4.47 Å². The molecule has 3 N–H and O–H groups in total. The molecule has 2 rings (SSSR count). The van der Waals surface area contributed by atoms with Crippen molar-refractivity contribution in [3.63, 3.8) is 0 Å². The molecule has 1 heterocycles. The number of nitrogens with zero attached hydrogens (tertiary/aromatic N) is 3. The van der Waals surface area contributed by atoms with E-state index in [4.69, 9.17) is 5.84 Å². The molecule has 102 valence electrons. The van der Waals surface area contributed by atoms with E-state index in [1.165, 1.54) is 6.07 Å². The molecule has 0 saturated heterocycles. The van der Waals surface area contributed by atoms with E-state index in [9.17, 15) is 8.78 Å². The van der Waals surface area contributed by atoms with Gasteiger partial charge >= 0.3 is 0 Å². The van der Waals surface area contributed by atoms with E-state index in [0.29, 0.717) is 17.7 Å². The highest BCUT2D eigenvalue weighted by atomic mass is 79.9. The number of hydrazine groups is 1. The molecule has 0 bridgehead atoms. The second-order valence-corrected chi connectivity index (χ2v) is 4.86. The molecule has 1 aromatic heterocycles. The van der Waals surface area contributed by atoms with Crippen LogP contribution in [0.2, 0.25) is 0 Å². The molecule has 2 aromatic rings.